The third-order valence-electron chi connectivity index (χ3n) is 3.56. The van der Waals surface area contributed by atoms with Gasteiger partial charge in [-0.25, -0.2) is 0 Å². The van der Waals surface area contributed by atoms with Crippen molar-refractivity contribution in [3.63, 3.8) is 0 Å². The van der Waals surface area contributed by atoms with Crippen molar-refractivity contribution in [2.45, 2.75) is 71.0 Å². The molecule has 0 aliphatic heterocycles. The van der Waals surface area contributed by atoms with E-state index in [-0.39, 0.29) is 36.5 Å². The molecular weight excluding hydrogens is 421 g/mol. The molecule has 6 nitrogen and oxygen atoms in total. The van der Waals surface area contributed by atoms with Gasteiger partial charge in [0.2, 0.25) is 0 Å². The van der Waals surface area contributed by atoms with E-state index >= 15 is 0 Å². The molecule has 1 saturated carbocycles. The second-order valence-electron chi connectivity index (χ2n) is 6.92. The maximum atomic E-state index is 11.6. The molecule has 2 N–H and O–H groups in total. The van der Waals surface area contributed by atoms with Gasteiger partial charge in [-0.05, 0) is 40.0 Å². The SMILES string of the molecule is CN=C(NCCCOC1CCCCC1)NCC(=O)OC(C)(C)C.I. The maximum Gasteiger partial charge on any atom is 0.325 e. The number of ether oxygens (including phenoxy) is 2. The summed E-state index contributed by atoms with van der Waals surface area (Å²) in [6.45, 7) is 7.19. The van der Waals surface area contributed by atoms with Crippen molar-refractivity contribution >= 4 is 35.9 Å². The van der Waals surface area contributed by atoms with Gasteiger partial charge in [0.15, 0.2) is 5.96 Å². The highest BCUT2D eigenvalue weighted by atomic mass is 127. The molecule has 0 aromatic carbocycles. The van der Waals surface area contributed by atoms with Crippen LogP contribution in [0.2, 0.25) is 0 Å². The lowest BCUT2D eigenvalue weighted by atomic mass is 9.98. The average Bonchev–Trinajstić information content (AvgIpc) is 2.49. The number of guanidine groups is 1. The van der Waals surface area contributed by atoms with Gasteiger partial charge >= 0.3 is 5.97 Å². The van der Waals surface area contributed by atoms with Crippen LogP contribution in [0.1, 0.15) is 59.3 Å². The fraction of sp³-hybridized carbons (Fsp3) is 0.882. The Labute approximate surface area is 163 Å². The Bertz CT molecular complexity index is 378. The monoisotopic (exact) mass is 455 g/mol. The summed E-state index contributed by atoms with van der Waals surface area (Å²) in [6.07, 6.45) is 7.71. The zero-order chi connectivity index (χ0) is 17.1. The van der Waals surface area contributed by atoms with Crippen LogP contribution in [0.5, 0.6) is 0 Å². The number of hydrogen-bond donors (Lipinski definition) is 2. The smallest absolute Gasteiger partial charge is 0.325 e. The first kappa shape index (κ1) is 23.4. The lowest BCUT2D eigenvalue weighted by Crippen LogP contribution is -2.42. The number of rotatable bonds is 7. The first-order chi connectivity index (χ1) is 10.9. The average molecular weight is 455 g/mol. The summed E-state index contributed by atoms with van der Waals surface area (Å²) >= 11 is 0. The van der Waals surface area contributed by atoms with Crippen molar-refractivity contribution in [3.8, 4) is 0 Å². The van der Waals surface area contributed by atoms with E-state index < -0.39 is 5.60 Å². The van der Waals surface area contributed by atoms with Crippen LogP contribution in [0.3, 0.4) is 0 Å². The molecular formula is C17H34IN3O3. The van der Waals surface area contributed by atoms with Crippen molar-refractivity contribution in [3.05, 3.63) is 0 Å². The van der Waals surface area contributed by atoms with E-state index in [1.165, 1.54) is 32.1 Å². The highest BCUT2D eigenvalue weighted by molar-refractivity contribution is 14.0. The van der Waals surface area contributed by atoms with Gasteiger partial charge in [0.1, 0.15) is 12.1 Å². The van der Waals surface area contributed by atoms with Crippen molar-refractivity contribution < 1.29 is 14.3 Å². The Hall–Kier alpha value is -0.570. The van der Waals surface area contributed by atoms with Crippen LogP contribution in [0.25, 0.3) is 0 Å². The van der Waals surface area contributed by atoms with Gasteiger partial charge in [0, 0.05) is 20.2 Å². The van der Waals surface area contributed by atoms with E-state index in [4.69, 9.17) is 9.47 Å². The molecule has 1 aliphatic carbocycles. The molecule has 0 saturated heterocycles. The van der Waals surface area contributed by atoms with Gasteiger partial charge in [-0.1, -0.05) is 19.3 Å². The first-order valence-corrected chi connectivity index (χ1v) is 8.68. The zero-order valence-electron chi connectivity index (χ0n) is 15.5. The number of nitrogens with zero attached hydrogens (tertiary/aromatic N) is 1. The summed E-state index contributed by atoms with van der Waals surface area (Å²) in [6, 6.07) is 0. The third kappa shape index (κ3) is 11.9. The fourth-order valence-corrected chi connectivity index (χ4v) is 2.51. The van der Waals surface area contributed by atoms with Crippen molar-refractivity contribution in [2.24, 2.45) is 4.99 Å². The first-order valence-electron chi connectivity index (χ1n) is 8.68. The standard InChI is InChI=1S/C17H33N3O3.HI/c1-17(2,3)23-15(21)13-20-16(18-4)19-11-8-12-22-14-9-6-5-7-10-14;/h14H,5-13H2,1-4H3,(H2,18,19,20);1H. The number of carbonyl (C=O) groups excluding carboxylic acids is 1. The molecule has 24 heavy (non-hydrogen) atoms. The molecule has 7 heteroatoms. The molecule has 0 aromatic rings. The summed E-state index contributed by atoms with van der Waals surface area (Å²) in [5.41, 5.74) is -0.466. The fourth-order valence-electron chi connectivity index (χ4n) is 2.51. The Morgan fingerprint density at radius 3 is 2.42 bits per heavy atom. The molecule has 0 heterocycles. The third-order valence-corrected chi connectivity index (χ3v) is 3.56. The number of esters is 1. The van der Waals surface area contributed by atoms with Crippen LogP contribution in [0.4, 0.5) is 0 Å². The second-order valence-corrected chi connectivity index (χ2v) is 6.92. The Morgan fingerprint density at radius 1 is 1.17 bits per heavy atom. The van der Waals surface area contributed by atoms with E-state index in [2.05, 4.69) is 15.6 Å². The van der Waals surface area contributed by atoms with Gasteiger partial charge in [-0.3, -0.25) is 9.79 Å². The molecule has 1 rings (SSSR count). The van der Waals surface area contributed by atoms with E-state index in [0.29, 0.717) is 12.1 Å². The molecule has 0 aromatic heterocycles. The van der Waals surface area contributed by atoms with E-state index in [9.17, 15) is 4.79 Å². The predicted octanol–water partition coefficient (Wildman–Crippen LogP) is 2.85. The Balaban J connectivity index is 0.00000529. The number of hydrogen-bond acceptors (Lipinski definition) is 4. The Morgan fingerprint density at radius 2 is 1.83 bits per heavy atom. The number of nitrogens with one attached hydrogen (secondary N) is 2. The van der Waals surface area contributed by atoms with Crippen molar-refractivity contribution in [2.75, 3.05) is 26.7 Å². The van der Waals surface area contributed by atoms with E-state index in [1.54, 1.807) is 7.05 Å². The topological polar surface area (TPSA) is 72.0 Å². The van der Waals surface area contributed by atoms with Crippen LogP contribution in [0.15, 0.2) is 4.99 Å². The van der Waals surface area contributed by atoms with Crippen LogP contribution >= 0.6 is 24.0 Å². The maximum absolute atomic E-state index is 11.6. The van der Waals surface area contributed by atoms with Gasteiger partial charge in [-0.2, -0.15) is 0 Å². The van der Waals surface area contributed by atoms with Crippen LogP contribution < -0.4 is 10.6 Å². The second kappa shape index (κ2) is 12.7. The molecule has 1 fully saturated rings. The predicted molar refractivity (Wildman–Crippen MR) is 108 cm³/mol. The molecule has 142 valence electrons. The molecule has 0 atom stereocenters. The molecule has 0 radical (unpaired) electrons. The lowest BCUT2D eigenvalue weighted by Gasteiger charge is -2.22. The van der Waals surface area contributed by atoms with Crippen LogP contribution in [0, 0.1) is 0 Å². The van der Waals surface area contributed by atoms with Gasteiger partial charge < -0.3 is 20.1 Å². The molecule has 0 bridgehead atoms. The highest BCUT2D eigenvalue weighted by Crippen LogP contribution is 2.20. The molecule has 0 spiro atoms. The molecule has 0 amide bonds. The lowest BCUT2D eigenvalue weighted by molar-refractivity contribution is -0.153. The number of aliphatic imine (C=N–C) groups is 1. The van der Waals surface area contributed by atoms with Crippen molar-refractivity contribution in [1.82, 2.24) is 10.6 Å². The van der Waals surface area contributed by atoms with Crippen molar-refractivity contribution in [1.29, 1.82) is 0 Å². The number of carbonyl (C=O) groups is 1. The van der Waals surface area contributed by atoms with E-state index in [1.807, 2.05) is 20.8 Å². The van der Waals surface area contributed by atoms with Gasteiger partial charge in [0.25, 0.3) is 0 Å². The summed E-state index contributed by atoms with van der Waals surface area (Å²) in [4.78, 5) is 15.7. The van der Waals surface area contributed by atoms with Gasteiger partial charge in [-0.15, -0.1) is 24.0 Å². The van der Waals surface area contributed by atoms with Crippen LogP contribution in [-0.4, -0.2) is 50.4 Å². The summed E-state index contributed by atoms with van der Waals surface area (Å²) in [5.74, 6) is 0.314. The Kier molecular flexibility index (Phi) is 12.4. The van der Waals surface area contributed by atoms with E-state index in [0.717, 1.165) is 19.6 Å². The normalized spacial score (nSPS) is 16.2. The summed E-state index contributed by atoms with van der Waals surface area (Å²) in [5, 5.41) is 6.13. The quantitative estimate of drug-likeness (QED) is 0.203. The van der Waals surface area contributed by atoms with Gasteiger partial charge in [0.05, 0.1) is 6.10 Å². The minimum absolute atomic E-state index is 0. The largest absolute Gasteiger partial charge is 0.459 e. The minimum atomic E-state index is -0.466. The highest BCUT2D eigenvalue weighted by Gasteiger charge is 2.16. The number of halogens is 1. The molecule has 0 unspecified atom stereocenters. The molecule has 1 aliphatic rings. The summed E-state index contributed by atoms with van der Waals surface area (Å²) < 4.78 is 11.1. The zero-order valence-corrected chi connectivity index (χ0v) is 17.9. The van der Waals surface area contributed by atoms with Crippen LogP contribution in [-0.2, 0) is 14.3 Å². The minimum Gasteiger partial charge on any atom is -0.459 e. The summed E-state index contributed by atoms with van der Waals surface area (Å²) in [7, 11) is 1.68.